The van der Waals surface area contributed by atoms with Gasteiger partial charge in [-0.15, -0.1) is 0 Å². The number of halogens is 6. The molecule has 2 rings (SSSR count). The van der Waals surface area contributed by atoms with Gasteiger partial charge in [-0.25, -0.2) is 0 Å². The zero-order chi connectivity index (χ0) is 25.8. The quantitative estimate of drug-likeness (QED) is 0.305. The van der Waals surface area contributed by atoms with E-state index in [1.807, 2.05) is 27.7 Å². The molecule has 4 atom stereocenters. The number of nitrogens with zero attached hydrogens (tertiary/aromatic N) is 4. The maximum atomic E-state index is 14.6. The van der Waals surface area contributed by atoms with Crippen LogP contribution in [0.2, 0.25) is 0 Å². The third kappa shape index (κ3) is 5.06. The van der Waals surface area contributed by atoms with Gasteiger partial charge < -0.3 is 0 Å². The predicted molar refractivity (Wildman–Crippen MR) is 121 cm³/mol. The molecule has 4 unspecified atom stereocenters. The second-order valence-corrected chi connectivity index (χ2v) is 20.2. The Morgan fingerprint density at radius 2 is 0.788 bits per heavy atom. The van der Waals surface area contributed by atoms with Crippen molar-refractivity contribution in [3.63, 3.8) is 0 Å². The molecule has 0 aliphatic carbocycles. The second-order valence-electron chi connectivity index (χ2n) is 10.9. The van der Waals surface area contributed by atoms with Crippen LogP contribution in [0, 0.1) is 0 Å². The summed E-state index contributed by atoms with van der Waals surface area (Å²) >= 11 is -5.06. The third-order valence-electron chi connectivity index (χ3n) is 7.12. The van der Waals surface area contributed by atoms with E-state index in [1.54, 1.807) is 47.8 Å². The van der Waals surface area contributed by atoms with Crippen molar-refractivity contribution in [2.24, 2.45) is 0 Å². The summed E-state index contributed by atoms with van der Waals surface area (Å²) in [4.78, 5) is 0. The summed E-state index contributed by atoms with van der Waals surface area (Å²) in [5, 5.41) is 0. The Balaban J connectivity index is 3.06. The van der Waals surface area contributed by atoms with Gasteiger partial charge in [-0.2, -0.15) is 0 Å². The summed E-state index contributed by atoms with van der Waals surface area (Å²) in [6.07, 6.45) is -9.32. The first-order valence-electron chi connectivity index (χ1n) is 12.1. The number of hydrogen-bond donors (Lipinski definition) is 0. The summed E-state index contributed by atoms with van der Waals surface area (Å²) in [5.41, 5.74) is 0. The Kier molecular flexibility index (Phi) is 8.87. The molecule has 0 N–H and O–H groups in total. The van der Waals surface area contributed by atoms with Gasteiger partial charge in [0.1, 0.15) is 0 Å². The third-order valence-corrected chi connectivity index (χ3v) is 25.2. The first kappa shape index (κ1) is 29.4. The van der Waals surface area contributed by atoms with Crippen LogP contribution >= 0.6 is 0 Å². The Hall–Kier alpha value is 0.219. The molecule has 1 spiro atoms. The van der Waals surface area contributed by atoms with Gasteiger partial charge >= 0.3 is 201 Å². The van der Waals surface area contributed by atoms with E-state index in [4.69, 9.17) is 0 Å². The second kappa shape index (κ2) is 9.94. The average Bonchev–Trinajstić information content (AvgIpc) is 2.57. The summed E-state index contributed by atoms with van der Waals surface area (Å²) in [7, 11) is 0. The molecule has 0 bridgehead atoms. The number of rotatable bonds is 4. The molecule has 196 valence electrons. The molecule has 11 heteroatoms. The molecule has 0 aromatic rings. The van der Waals surface area contributed by atoms with Crippen molar-refractivity contribution in [2.75, 3.05) is 0 Å². The molecule has 0 aromatic carbocycles. The molecule has 0 radical (unpaired) electrons. The number of alkyl halides is 6. The van der Waals surface area contributed by atoms with Gasteiger partial charge in [0, 0.05) is 0 Å². The Morgan fingerprint density at radius 3 is 0.970 bits per heavy atom. The zero-order valence-electron chi connectivity index (χ0n) is 21.6. The molecule has 2 aliphatic rings. The summed E-state index contributed by atoms with van der Waals surface area (Å²) in [6, 6.07) is -5.97. The minimum absolute atomic E-state index is 0.137. The molecular weight excluding hydrogens is 553 g/mol. The van der Waals surface area contributed by atoms with Crippen LogP contribution in [0.25, 0.3) is 0 Å². The number of hydrogen-bond acceptors (Lipinski definition) is 4. The molecule has 0 amide bonds. The summed E-state index contributed by atoms with van der Waals surface area (Å²) in [6.45, 7) is 18.1. The summed E-state index contributed by atoms with van der Waals surface area (Å²) in [5.74, 6) is 0. The summed E-state index contributed by atoms with van der Waals surface area (Å²) < 4.78 is 94.9. The monoisotopic (exact) mass is 596 g/mol. The van der Waals surface area contributed by atoms with E-state index in [-0.39, 0.29) is 24.9 Å². The van der Waals surface area contributed by atoms with Crippen LogP contribution in [-0.2, 0) is 0 Å². The van der Waals surface area contributed by atoms with Gasteiger partial charge in [-0.1, -0.05) is 0 Å². The van der Waals surface area contributed by atoms with Gasteiger partial charge in [-0.3, -0.25) is 0 Å². The van der Waals surface area contributed by atoms with Gasteiger partial charge in [0.25, 0.3) is 0 Å². The topological polar surface area (TPSA) is 13.0 Å². The van der Waals surface area contributed by atoms with E-state index in [0.717, 1.165) is 0 Å². The van der Waals surface area contributed by atoms with E-state index < -0.39 is 68.1 Å². The van der Waals surface area contributed by atoms with Crippen molar-refractivity contribution >= 4 is 19.5 Å². The average molecular weight is 595 g/mol. The molecule has 2 saturated heterocycles. The van der Waals surface area contributed by atoms with Crippen LogP contribution in [0.3, 0.4) is 0 Å². The molecular formula is C22H42F6N4Sn. The maximum absolute atomic E-state index is 14.6. The fraction of sp³-hybridized carbons (Fsp3) is 1.00. The molecule has 4 nitrogen and oxygen atoms in total. The van der Waals surface area contributed by atoms with Crippen LogP contribution in [0.1, 0.15) is 82.1 Å². The molecule has 2 fully saturated rings. The Morgan fingerprint density at radius 1 is 0.545 bits per heavy atom. The van der Waals surface area contributed by atoms with Crippen molar-refractivity contribution in [3.05, 3.63) is 0 Å². The molecule has 0 saturated carbocycles. The molecule has 2 heterocycles. The fourth-order valence-electron chi connectivity index (χ4n) is 6.62. The van der Waals surface area contributed by atoms with E-state index in [1.165, 1.54) is 0 Å². The zero-order valence-corrected chi connectivity index (χ0v) is 24.4. The molecule has 0 aromatic heterocycles. The van der Waals surface area contributed by atoms with Gasteiger partial charge in [0.2, 0.25) is 0 Å². The normalized spacial score (nSPS) is 34.5. The van der Waals surface area contributed by atoms with Crippen LogP contribution < -0.4 is 0 Å². The SMILES string of the molecule is CC(C)[N]1C(C)CC(C(F)(F)F)[N](C(C)C)[Sn]12[N](C(C)C)C(C)CC(C(F)(F)F)[N]2C(C)C. The van der Waals surface area contributed by atoms with Crippen molar-refractivity contribution in [3.8, 4) is 0 Å². The van der Waals surface area contributed by atoms with Crippen LogP contribution in [0.4, 0.5) is 26.3 Å². The van der Waals surface area contributed by atoms with Crippen molar-refractivity contribution in [2.45, 2.75) is 143 Å². The van der Waals surface area contributed by atoms with Crippen LogP contribution in [-0.4, -0.2) is 92.6 Å². The standard InChI is InChI=1S/2C11H21F3N2.Sn/c2*1-7(2)15-9(5)6-10(11(12,13)14)16-8(3)4;/h2*7-10H,6H2,1-5H3;/q2*-2;+4. The van der Waals surface area contributed by atoms with Gasteiger partial charge in [-0.05, 0) is 0 Å². The van der Waals surface area contributed by atoms with Crippen molar-refractivity contribution in [1.82, 2.24) is 12.5 Å². The van der Waals surface area contributed by atoms with Gasteiger partial charge in [0.05, 0.1) is 0 Å². The minimum atomic E-state index is -5.06. The van der Waals surface area contributed by atoms with Crippen LogP contribution in [0.15, 0.2) is 0 Å². The first-order chi connectivity index (χ1) is 14.8. The van der Waals surface area contributed by atoms with E-state index in [2.05, 4.69) is 6.24 Å². The van der Waals surface area contributed by atoms with E-state index >= 15 is 0 Å². The van der Waals surface area contributed by atoms with Gasteiger partial charge in [0.15, 0.2) is 0 Å². The van der Waals surface area contributed by atoms with Crippen molar-refractivity contribution in [1.29, 1.82) is 0 Å². The molecule has 33 heavy (non-hydrogen) atoms. The first-order valence-corrected chi connectivity index (χ1v) is 17.2. The fourth-order valence-corrected chi connectivity index (χ4v) is 26.9. The molecule has 2 aliphatic heterocycles. The Labute approximate surface area is 200 Å². The van der Waals surface area contributed by atoms with E-state index in [9.17, 15) is 26.3 Å². The van der Waals surface area contributed by atoms with Crippen LogP contribution in [0.5, 0.6) is 0 Å². The van der Waals surface area contributed by atoms with Crippen molar-refractivity contribution < 1.29 is 26.3 Å². The predicted octanol–water partition coefficient (Wildman–Crippen LogP) is 5.71. The van der Waals surface area contributed by atoms with E-state index in [0.29, 0.717) is 0 Å². The Bertz CT molecular complexity index is 610.